The van der Waals surface area contributed by atoms with E-state index in [0.29, 0.717) is 48.0 Å². The lowest BCUT2D eigenvalue weighted by Gasteiger charge is -2.35. The van der Waals surface area contributed by atoms with Gasteiger partial charge in [0.2, 0.25) is 10.0 Å². The fourth-order valence-electron chi connectivity index (χ4n) is 4.20. The van der Waals surface area contributed by atoms with Crippen molar-refractivity contribution in [2.45, 2.75) is 25.8 Å². The van der Waals surface area contributed by atoms with Gasteiger partial charge in [-0.1, -0.05) is 23.7 Å². The van der Waals surface area contributed by atoms with Gasteiger partial charge in [-0.2, -0.15) is 0 Å². The number of carbonyl (C=O) groups excluding carboxylic acids is 1. The monoisotopic (exact) mass is 526 g/mol. The van der Waals surface area contributed by atoms with E-state index in [1.165, 1.54) is 34.0 Å². The highest BCUT2D eigenvalue weighted by atomic mass is 35.5. The molecule has 0 aliphatic carbocycles. The lowest BCUT2D eigenvalue weighted by molar-refractivity contribution is -0.139. The molecule has 1 N–H and O–H groups in total. The van der Waals surface area contributed by atoms with E-state index >= 15 is 0 Å². The van der Waals surface area contributed by atoms with Crippen molar-refractivity contribution in [1.82, 2.24) is 14.6 Å². The molecule has 12 heteroatoms. The number of esters is 1. The fourth-order valence-corrected chi connectivity index (χ4v) is 5.89. The highest BCUT2D eigenvalue weighted by Crippen LogP contribution is 2.40. The van der Waals surface area contributed by atoms with Gasteiger partial charge in [0.05, 0.1) is 23.5 Å². The minimum Gasteiger partial charge on any atom is -0.463 e. The maximum absolute atomic E-state index is 14.4. The molecule has 0 bridgehead atoms. The van der Waals surface area contributed by atoms with Crippen LogP contribution in [-0.4, -0.2) is 55.5 Å². The number of benzene rings is 1. The van der Waals surface area contributed by atoms with Gasteiger partial charge in [-0.25, -0.2) is 26.9 Å². The third-order valence-corrected chi connectivity index (χ3v) is 8.29. The van der Waals surface area contributed by atoms with Gasteiger partial charge in [0.15, 0.2) is 10.8 Å². The predicted molar refractivity (Wildman–Crippen MR) is 129 cm³/mol. The van der Waals surface area contributed by atoms with Crippen LogP contribution < -0.4 is 5.32 Å². The molecule has 0 amide bonds. The summed E-state index contributed by atoms with van der Waals surface area (Å²) in [6, 6.07) is 3.48. The Balaban J connectivity index is 1.83. The van der Waals surface area contributed by atoms with Gasteiger partial charge in [-0.3, -0.25) is 4.99 Å². The van der Waals surface area contributed by atoms with Crippen LogP contribution in [0.4, 0.5) is 4.39 Å². The molecule has 1 aromatic carbocycles. The molecule has 1 fully saturated rings. The second kappa shape index (κ2) is 10.1. The zero-order valence-electron chi connectivity index (χ0n) is 18.6. The van der Waals surface area contributed by atoms with Crippen molar-refractivity contribution < 1.29 is 22.3 Å². The molecule has 1 aromatic heterocycles. The molecule has 182 valence electrons. The second-order valence-electron chi connectivity index (χ2n) is 7.97. The lowest BCUT2D eigenvalue weighted by Crippen LogP contribution is -2.43. The molecular weight excluding hydrogens is 503 g/mol. The van der Waals surface area contributed by atoms with Crippen LogP contribution in [0.2, 0.25) is 5.02 Å². The van der Waals surface area contributed by atoms with E-state index in [4.69, 9.17) is 21.3 Å². The first kappa shape index (κ1) is 24.8. The number of amidine groups is 1. The van der Waals surface area contributed by atoms with E-state index in [2.05, 4.69) is 10.3 Å². The Kier molecular flexibility index (Phi) is 7.36. The number of carbonyl (C=O) groups is 1. The number of ether oxygens (including phenoxy) is 1. The largest absolute Gasteiger partial charge is 0.463 e. The van der Waals surface area contributed by atoms with Gasteiger partial charge in [0.25, 0.3) is 0 Å². The summed E-state index contributed by atoms with van der Waals surface area (Å²) < 4.78 is 45.2. The second-order valence-corrected chi connectivity index (χ2v) is 11.2. The Labute approximate surface area is 206 Å². The van der Waals surface area contributed by atoms with Crippen molar-refractivity contribution in [2.24, 2.45) is 10.9 Å². The van der Waals surface area contributed by atoms with Crippen molar-refractivity contribution in [2.75, 3.05) is 26.0 Å². The van der Waals surface area contributed by atoms with Gasteiger partial charge >= 0.3 is 5.97 Å². The Bertz CT molecular complexity index is 1240. The smallest absolute Gasteiger partial charge is 0.338 e. The third kappa shape index (κ3) is 5.02. The number of rotatable bonds is 6. The number of piperidine rings is 1. The molecule has 4 rings (SSSR count). The summed E-state index contributed by atoms with van der Waals surface area (Å²) in [5.74, 6) is -0.927. The van der Waals surface area contributed by atoms with Crippen LogP contribution in [0.15, 0.2) is 46.0 Å². The Morgan fingerprint density at radius 1 is 1.35 bits per heavy atom. The maximum Gasteiger partial charge on any atom is 0.338 e. The Hall–Kier alpha value is -2.34. The third-order valence-electron chi connectivity index (χ3n) is 5.81. The topological polar surface area (TPSA) is 101 Å². The first-order valence-electron chi connectivity index (χ1n) is 10.8. The highest BCUT2D eigenvalue weighted by Gasteiger charge is 2.38. The summed E-state index contributed by atoms with van der Waals surface area (Å²) in [5, 5.41) is 5.56. The maximum atomic E-state index is 14.4. The summed E-state index contributed by atoms with van der Waals surface area (Å²) in [6.45, 7) is 2.49. The number of allylic oxidation sites excluding steroid dienone is 1. The van der Waals surface area contributed by atoms with Crippen LogP contribution >= 0.6 is 22.9 Å². The van der Waals surface area contributed by atoms with Crippen LogP contribution in [0.1, 0.15) is 36.4 Å². The van der Waals surface area contributed by atoms with Crippen LogP contribution in [0.25, 0.3) is 0 Å². The van der Waals surface area contributed by atoms with E-state index in [-0.39, 0.29) is 23.1 Å². The summed E-state index contributed by atoms with van der Waals surface area (Å²) >= 11 is 7.69. The first-order valence-corrected chi connectivity index (χ1v) is 13.9. The number of hydrogen-bond donors (Lipinski definition) is 1. The number of nitrogens with zero attached hydrogens (tertiary/aromatic N) is 3. The normalized spacial score (nSPS) is 20.1. The number of nitrogens with one attached hydrogen (secondary N) is 1. The van der Waals surface area contributed by atoms with Crippen molar-refractivity contribution in [1.29, 1.82) is 0 Å². The van der Waals surface area contributed by atoms with Crippen LogP contribution in [0.5, 0.6) is 0 Å². The predicted octanol–water partition coefficient (Wildman–Crippen LogP) is 3.52. The van der Waals surface area contributed by atoms with Crippen LogP contribution in [0.3, 0.4) is 0 Å². The molecule has 0 saturated carbocycles. The molecule has 3 heterocycles. The zero-order chi connectivity index (χ0) is 24.5. The molecule has 34 heavy (non-hydrogen) atoms. The molecule has 1 atom stereocenters. The Morgan fingerprint density at radius 3 is 2.71 bits per heavy atom. The van der Waals surface area contributed by atoms with E-state index in [9.17, 15) is 17.6 Å². The molecule has 1 saturated heterocycles. The minimum atomic E-state index is -3.31. The summed E-state index contributed by atoms with van der Waals surface area (Å²) in [6.07, 6.45) is 3.81. The SMILES string of the molecule is CCOC(=O)C1=C(C2CCN(S(C)(=O)=O)CC2)NC(c2nccs2)=NC1c1cccc(F)c1Cl. The molecule has 2 aliphatic rings. The van der Waals surface area contributed by atoms with Crippen molar-refractivity contribution in [3.8, 4) is 0 Å². The standard InChI is InChI=1S/C22H24ClFN4O4S2/c1-3-32-22(29)16-18(13-7-10-28(11-8-13)34(2,30)31)26-20(21-25-9-12-33-21)27-19(16)14-5-4-6-15(24)17(14)23/h4-6,9,12-13,19H,3,7-8,10-11H2,1-2H3,(H,26,27). The average molecular weight is 527 g/mol. The van der Waals surface area contributed by atoms with Crippen LogP contribution in [0, 0.1) is 11.7 Å². The van der Waals surface area contributed by atoms with E-state index in [0.717, 1.165) is 0 Å². The summed E-state index contributed by atoms with van der Waals surface area (Å²) in [7, 11) is -3.31. The molecule has 0 spiro atoms. The minimum absolute atomic E-state index is 0.121. The number of hydrogen-bond acceptors (Lipinski definition) is 8. The van der Waals surface area contributed by atoms with Crippen molar-refractivity contribution in [3.05, 3.63) is 62.5 Å². The number of aromatic nitrogens is 1. The summed E-state index contributed by atoms with van der Waals surface area (Å²) in [4.78, 5) is 22.3. The highest BCUT2D eigenvalue weighted by molar-refractivity contribution is 7.88. The number of sulfonamides is 1. The summed E-state index contributed by atoms with van der Waals surface area (Å²) in [5.41, 5.74) is 1.16. The van der Waals surface area contributed by atoms with Gasteiger partial charge in [-0.15, -0.1) is 11.3 Å². The molecule has 0 radical (unpaired) electrons. The number of halogens is 2. The zero-order valence-corrected chi connectivity index (χ0v) is 21.0. The first-order chi connectivity index (χ1) is 16.2. The molecule has 8 nitrogen and oxygen atoms in total. The molecule has 1 unspecified atom stereocenters. The average Bonchev–Trinajstić information content (AvgIpc) is 3.35. The van der Waals surface area contributed by atoms with Gasteiger partial charge in [0, 0.05) is 41.8 Å². The lowest BCUT2D eigenvalue weighted by atomic mass is 9.86. The van der Waals surface area contributed by atoms with Gasteiger partial charge in [-0.05, 0) is 25.8 Å². The Morgan fingerprint density at radius 2 is 2.09 bits per heavy atom. The van der Waals surface area contributed by atoms with Crippen molar-refractivity contribution >= 4 is 44.8 Å². The van der Waals surface area contributed by atoms with Crippen LogP contribution in [-0.2, 0) is 19.6 Å². The van der Waals surface area contributed by atoms with Crippen molar-refractivity contribution in [3.63, 3.8) is 0 Å². The number of thiazole rings is 1. The molecular formula is C22H24ClFN4O4S2. The fraction of sp³-hybridized carbons (Fsp3) is 0.409. The van der Waals surface area contributed by atoms with E-state index in [1.54, 1.807) is 24.6 Å². The number of aliphatic imine (C=N–C) groups is 1. The van der Waals surface area contributed by atoms with Gasteiger partial charge in [0.1, 0.15) is 11.9 Å². The van der Waals surface area contributed by atoms with E-state index < -0.39 is 27.9 Å². The molecule has 2 aromatic rings. The molecule has 2 aliphatic heterocycles. The van der Waals surface area contributed by atoms with Gasteiger partial charge < -0.3 is 10.1 Å². The van der Waals surface area contributed by atoms with E-state index in [1.807, 2.05) is 0 Å². The quantitative estimate of drug-likeness (QED) is 0.578.